The third-order valence-electron chi connectivity index (χ3n) is 1.29. The molecule has 0 amide bonds. The monoisotopic (exact) mass is 218 g/mol. The van der Waals surface area contributed by atoms with Crippen LogP contribution in [0.2, 0.25) is 0 Å². The first-order valence-electron chi connectivity index (χ1n) is 3.98. The second kappa shape index (κ2) is 8.23. The van der Waals surface area contributed by atoms with Gasteiger partial charge in [0.15, 0.2) is 0 Å². The Labute approximate surface area is 93.2 Å². The summed E-state index contributed by atoms with van der Waals surface area (Å²) in [6, 6.07) is 0. The van der Waals surface area contributed by atoms with E-state index in [1.807, 2.05) is 0 Å². The van der Waals surface area contributed by atoms with Gasteiger partial charge in [-0.05, 0) is 40.3 Å². The normalized spacial score (nSPS) is 11.0. The van der Waals surface area contributed by atoms with Crippen LogP contribution in [0.3, 0.4) is 0 Å². The van der Waals surface area contributed by atoms with E-state index in [-0.39, 0.29) is 29.6 Å². The molecule has 0 aromatic carbocycles. The fourth-order valence-electron chi connectivity index (χ4n) is 0.841. The summed E-state index contributed by atoms with van der Waals surface area (Å²) in [7, 11) is 0.236. The number of hydrogen-bond acceptors (Lipinski definition) is 0. The zero-order valence-electron chi connectivity index (χ0n) is 8.81. The molecular weight excluding hydrogens is 199 g/mol. The van der Waals surface area contributed by atoms with Crippen molar-refractivity contribution >= 4 is 7.92 Å². The molecule has 12 heavy (non-hydrogen) atoms. The van der Waals surface area contributed by atoms with E-state index in [4.69, 9.17) is 0 Å². The average Bonchev–Trinajstić information content (AvgIpc) is 1.82. The predicted octanol–water partition coefficient (Wildman–Crippen LogP) is 3.64. The first kappa shape index (κ1) is 15.1. The van der Waals surface area contributed by atoms with Gasteiger partial charge in [0.1, 0.15) is 0 Å². The molecule has 0 unspecified atom stereocenters. The van der Waals surface area contributed by atoms with Gasteiger partial charge in [-0.15, -0.1) is 7.92 Å². The van der Waals surface area contributed by atoms with Crippen LogP contribution in [-0.4, -0.2) is 19.5 Å². The van der Waals surface area contributed by atoms with Crippen molar-refractivity contribution in [2.24, 2.45) is 0 Å². The Morgan fingerprint density at radius 3 is 2.00 bits per heavy atom. The molecule has 0 aromatic rings. The topological polar surface area (TPSA) is 0 Å². The minimum atomic E-state index is 0. The maximum atomic E-state index is 2.33. The van der Waals surface area contributed by atoms with E-state index in [9.17, 15) is 0 Å². The summed E-state index contributed by atoms with van der Waals surface area (Å²) in [5.74, 6) is 0. The van der Waals surface area contributed by atoms with E-state index < -0.39 is 0 Å². The van der Waals surface area contributed by atoms with E-state index in [1.54, 1.807) is 0 Å². The van der Waals surface area contributed by atoms with Crippen LogP contribution in [-0.2, 0) is 21.7 Å². The molecule has 68 valence electrons. The molecule has 0 aliphatic carbocycles. The van der Waals surface area contributed by atoms with E-state index in [1.165, 1.54) is 17.3 Å². The molecular formula is C10H19PTi. The summed E-state index contributed by atoms with van der Waals surface area (Å²) < 4.78 is 0. The first-order valence-corrected chi connectivity index (χ1v) is 6.41. The smallest absolute Gasteiger partial charge is 0 e. The van der Waals surface area contributed by atoms with Crippen LogP contribution in [0, 0.1) is 0 Å². The molecule has 0 spiro atoms. The molecule has 0 fully saturated rings. The van der Waals surface area contributed by atoms with Gasteiger partial charge in [-0.25, -0.2) is 0 Å². The Balaban J connectivity index is 0. The van der Waals surface area contributed by atoms with Gasteiger partial charge < -0.3 is 0 Å². The van der Waals surface area contributed by atoms with Gasteiger partial charge in [-0.1, -0.05) is 23.3 Å². The van der Waals surface area contributed by atoms with Crippen LogP contribution in [0.5, 0.6) is 0 Å². The van der Waals surface area contributed by atoms with E-state index in [0.717, 1.165) is 0 Å². The molecule has 0 radical (unpaired) electrons. The van der Waals surface area contributed by atoms with Gasteiger partial charge in [-0.3, -0.25) is 0 Å². The Bertz CT molecular complexity index is 165. The van der Waals surface area contributed by atoms with Crippen molar-refractivity contribution in [2.45, 2.75) is 20.8 Å². The number of hydrogen-bond donors (Lipinski definition) is 0. The molecule has 0 rings (SSSR count). The minimum absolute atomic E-state index is 0. The van der Waals surface area contributed by atoms with Gasteiger partial charge in [-0.2, -0.15) is 0 Å². The fraction of sp³-hybridized carbons (Fsp3) is 0.600. The average molecular weight is 218 g/mol. The third-order valence-corrected chi connectivity index (χ3v) is 2.21. The Morgan fingerprint density at radius 2 is 1.67 bits per heavy atom. The molecule has 0 heterocycles. The molecule has 0 atom stereocenters. The van der Waals surface area contributed by atoms with Crippen LogP contribution in [0.25, 0.3) is 0 Å². The van der Waals surface area contributed by atoms with Crippen molar-refractivity contribution < 1.29 is 21.7 Å². The predicted molar refractivity (Wildman–Crippen MR) is 56.8 cm³/mol. The maximum Gasteiger partial charge on any atom is 0 e. The van der Waals surface area contributed by atoms with Crippen molar-refractivity contribution in [2.75, 3.05) is 19.5 Å². The minimum Gasteiger partial charge on any atom is -0.109 e. The van der Waals surface area contributed by atoms with Gasteiger partial charge in [0.25, 0.3) is 0 Å². The third kappa shape index (κ3) is 10.6. The van der Waals surface area contributed by atoms with E-state index >= 15 is 0 Å². The number of rotatable bonds is 3. The van der Waals surface area contributed by atoms with Crippen molar-refractivity contribution in [3.63, 3.8) is 0 Å². The van der Waals surface area contributed by atoms with Crippen molar-refractivity contribution in [1.82, 2.24) is 0 Å². The Kier molecular flexibility index (Phi) is 10.4. The van der Waals surface area contributed by atoms with Crippen LogP contribution in [0.4, 0.5) is 0 Å². The molecule has 0 N–H and O–H groups in total. The number of allylic oxidation sites excluding steroid dienone is 4. The Morgan fingerprint density at radius 1 is 1.17 bits per heavy atom. The first-order chi connectivity index (χ1) is 5.02. The summed E-state index contributed by atoms with van der Waals surface area (Å²) in [6.45, 7) is 11.1. The molecule has 0 saturated heterocycles. The summed E-state index contributed by atoms with van der Waals surface area (Å²) in [6.07, 6.45) is 5.82. The van der Waals surface area contributed by atoms with Gasteiger partial charge in [0.2, 0.25) is 0 Å². The SMILES string of the molecule is CC(C)=CC(C)=CCP(C)C.[Ti]. The molecule has 2 heteroatoms. The zero-order chi connectivity index (χ0) is 8.85. The van der Waals surface area contributed by atoms with Crippen LogP contribution < -0.4 is 0 Å². The van der Waals surface area contributed by atoms with Crippen LogP contribution in [0.1, 0.15) is 20.8 Å². The van der Waals surface area contributed by atoms with Crippen molar-refractivity contribution in [3.8, 4) is 0 Å². The second-order valence-corrected chi connectivity index (χ2v) is 5.96. The molecule has 0 aliphatic rings. The summed E-state index contributed by atoms with van der Waals surface area (Å²) in [5, 5.41) is 0. The van der Waals surface area contributed by atoms with Gasteiger partial charge in [0.05, 0.1) is 0 Å². The summed E-state index contributed by atoms with van der Waals surface area (Å²) in [5.41, 5.74) is 2.79. The van der Waals surface area contributed by atoms with Gasteiger partial charge >= 0.3 is 0 Å². The molecule has 0 aromatic heterocycles. The fourth-order valence-corrected chi connectivity index (χ4v) is 1.49. The Hall–Kier alpha value is 0.624. The second-order valence-electron chi connectivity index (χ2n) is 3.43. The molecule has 0 nitrogen and oxygen atoms in total. The molecule has 0 saturated carbocycles. The summed E-state index contributed by atoms with van der Waals surface area (Å²) >= 11 is 0. The molecule has 0 bridgehead atoms. The standard InChI is InChI=1S/C10H19P.Ti/c1-9(2)8-10(3)6-7-11(4)5;/h6,8H,7H2,1-5H3;. The maximum absolute atomic E-state index is 2.33. The molecule has 0 aliphatic heterocycles. The zero-order valence-corrected chi connectivity index (χ0v) is 11.3. The summed E-state index contributed by atoms with van der Waals surface area (Å²) in [4.78, 5) is 0. The van der Waals surface area contributed by atoms with Crippen molar-refractivity contribution in [1.29, 1.82) is 0 Å². The van der Waals surface area contributed by atoms with E-state index in [0.29, 0.717) is 0 Å². The van der Waals surface area contributed by atoms with Crippen LogP contribution in [0.15, 0.2) is 23.3 Å². The van der Waals surface area contributed by atoms with Gasteiger partial charge in [0, 0.05) is 21.7 Å². The van der Waals surface area contributed by atoms with Crippen LogP contribution >= 0.6 is 7.92 Å². The quantitative estimate of drug-likeness (QED) is 0.385. The largest absolute Gasteiger partial charge is 0.109 e. The van der Waals surface area contributed by atoms with E-state index in [2.05, 4.69) is 46.3 Å². The van der Waals surface area contributed by atoms with Crippen molar-refractivity contribution in [3.05, 3.63) is 23.3 Å².